The minimum Gasteiger partial charge on any atom is -0.495 e. The van der Waals surface area contributed by atoms with Crippen LogP contribution in [0.25, 0.3) is 16.9 Å². The topological polar surface area (TPSA) is 55.6 Å². The summed E-state index contributed by atoms with van der Waals surface area (Å²) >= 11 is 6.17. The number of hydrogen-bond acceptors (Lipinski definition) is 3. The number of hydrogen-bond donors (Lipinski definition) is 1. The van der Waals surface area contributed by atoms with Gasteiger partial charge in [-0.2, -0.15) is 0 Å². The van der Waals surface area contributed by atoms with Crippen LogP contribution in [0.1, 0.15) is 11.1 Å². The van der Waals surface area contributed by atoms with Crippen molar-refractivity contribution in [2.45, 2.75) is 13.3 Å². The van der Waals surface area contributed by atoms with Crippen molar-refractivity contribution in [3.63, 3.8) is 0 Å². The van der Waals surface area contributed by atoms with Gasteiger partial charge in [-0.1, -0.05) is 35.9 Å². The molecule has 5 nitrogen and oxygen atoms in total. The van der Waals surface area contributed by atoms with E-state index in [0.29, 0.717) is 16.5 Å². The van der Waals surface area contributed by atoms with E-state index >= 15 is 0 Å². The fraction of sp³-hybridized carbons (Fsp3) is 0.130. The van der Waals surface area contributed by atoms with Crippen LogP contribution in [0.2, 0.25) is 5.02 Å². The van der Waals surface area contributed by atoms with Gasteiger partial charge in [0.1, 0.15) is 11.4 Å². The molecule has 146 valence electrons. The second kappa shape index (κ2) is 7.97. The lowest BCUT2D eigenvalue weighted by atomic mass is 10.1. The van der Waals surface area contributed by atoms with E-state index in [9.17, 15) is 4.79 Å². The Labute approximate surface area is 173 Å². The molecule has 0 fully saturated rings. The number of aromatic nitrogens is 2. The van der Waals surface area contributed by atoms with Gasteiger partial charge in [-0.3, -0.25) is 4.79 Å². The van der Waals surface area contributed by atoms with Crippen molar-refractivity contribution >= 4 is 28.8 Å². The molecule has 0 saturated carbocycles. The average Bonchev–Trinajstić information content (AvgIpc) is 3.15. The second-order valence-corrected chi connectivity index (χ2v) is 7.19. The van der Waals surface area contributed by atoms with Crippen LogP contribution in [0.4, 0.5) is 5.69 Å². The number of pyridine rings is 1. The summed E-state index contributed by atoms with van der Waals surface area (Å²) in [7, 11) is 1.58. The number of nitrogens with one attached hydrogen (secondary N) is 1. The zero-order valence-corrected chi connectivity index (χ0v) is 16.9. The number of ether oxygens (including phenoxy) is 1. The van der Waals surface area contributed by atoms with Gasteiger partial charge in [-0.15, -0.1) is 0 Å². The number of carbonyl (C=O) groups excluding carboxylic acids is 1. The van der Waals surface area contributed by atoms with Crippen LogP contribution >= 0.6 is 11.6 Å². The predicted octanol–water partition coefficient (Wildman–Crippen LogP) is 5.15. The zero-order chi connectivity index (χ0) is 20.4. The number of imidazole rings is 1. The maximum absolute atomic E-state index is 12.6. The van der Waals surface area contributed by atoms with Crippen molar-refractivity contribution in [1.29, 1.82) is 0 Å². The zero-order valence-electron chi connectivity index (χ0n) is 16.1. The van der Waals surface area contributed by atoms with Crippen LogP contribution in [-0.4, -0.2) is 22.4 Å². The molecule has 2 aromatic heterocycles. The van der Waals surface area contributed by atoms with Gasteiger partial charge in [-0.05, 0) is 48.4 Å². The van der Waals surface area contributed by atoms with Crippen LogP contribution in [0.15, 0.2) is 67.0 Å². The van der Waals surface area contributed by atoms with Gasteiger partial charge in [0.25, 0.3) is 0 Å². The molecule has 1 N–H and O–H groups in total. The summed E-state index contributed by atoms with van der Waals surface area (Å²) < 4.78 is 7.41. The predicted molar refractivity (Wildman–Crippen MR) is 116 cm³/mol. The molecule has 0 atom stereocenters. The number of carbonyl (C=O) groups is 1. The number of rotatable bonds is 5. The van der Waals surface area contributed by atoms with Crippen molar-refractivity contribution < 1.29 is 9.53 Å². The minimum absolute atomic E-state index is 0.167. The van der Waals surface area contributed by atoms with E-state index < -0.39 is 0 Å². The second-order valence-electron chi connectivity index (χ2n) is 6.78. The summed E-state index contributed by atoms with van der Waals surface area (Å²) in [6.45, 7) is 2.03. The van der Waals surface area contributed by atoms with Crippen molar-refractivity contribution in [2.75, 3.05) is 12.4 Å². The van der Waals surface area contributed by atoms with Gasteiger partial charge in [0, 0.05) is 23.0 Å². The first-order valence-electron chi connectivity index (χ1n) is 9.21. The van der Waals surface area contributed by atoms with E-state index in [4.69, 9.17) is 21.3 Å². The summed E-state index contributed by atoms with van der Waals surface area (Å²) in [6.07, 6.45) is 4.12. The first kappa shape index (κ1) is 19.0. The third-order valence-electron chi connectivity index (χ3n) is 4.76. The molecule has 0 aliphatic rings. The summed E-state index contributed by atoms with van der Waals surface area (Å²) in [5, 5.41) is 3.51. The molecule has 1 amide bonds. The number of amides is 1. The van der Waals surface area contributed by atoms with Crippen molar-refractivity contribution in [3.8, 4) is 17.0 Å². The lowest BCUT2D eigenvalue weighted by Gasteiger charge is -2.12. The Morgan fingerprint density at radius 2 is 2.00 bits per heavy atom. The SMILES string of the molecule is COc1ccc(-c2cn3cccc(C)c3n2)cc1NC(=O)Cc1ccccc1Cl. The monoisotopic (exact) mass is 405 g/mol. The number of halogens is 1. The van der Waals surface area contributed by atoms with Crippen LogP contribution in [0.3, 0.4) is 0 Å². The lowest BCUT2D eigenvalue weighted by Crippen LogP contribution is -2.15. The highest BCUT2D eigenvalue weighted by molar-refractivity contribution is 6.31. The van der Waals surface area contributed by atoms with E-state index in [0.717, 1.165) is 28.0 Å². The molecule has 4 aromatic rings. The van der Waals surface area contributed by atoms with Crippen molar-refractivity contribution in [2.24, 2.45) is 0 Å². The molecule has 0 bridgehead atoms. The normalized spacial score (nSPS) is 10.9. The van der Waals surface area contributed by atoms with E-state index in [1.165, 1.54) is 0 Å². The molecular weight excluding hydrogens is 386 g/mol. The van der Waals surface area contributed by atoms with Gasteiger partial charge in [-0.25, -0.2) is 4.98 Å². The highest BCUT2D eigenvalue weighted by Crippen LogP contribution is 2.31. The molecule has 2 aromatic carbocycles. The van der Waals surface area contributed by atoms with E-state index in [-0.39, 0.29) is 12.3 Å². The van der Waals surface area contributed by atoms with Gasteiger partial charge >= 0.3 is 0 Å². The number of nitrogens with zero attached hydrogens (tertiary/aromatic N) is 2. The number of benzene rings is 2. The molecule has 0 unspecified atom stereocenters. The summed E-state index contributed by atoms with van der Waals surface area (Å²) in [5.74, 6) is 0.417. The van der Waals surface area contributed by atoms with Crippen LogP contribution in [0, 0.1) is 6.92 Å². The van der Waals surface area contributed by atoms with Gasteiger partial charge in [0.05, 0.1) is 24.9 Å². The van der Waals surface area contributed by atoms with Crippen LogP contribution < -0.4 is 10.1 Å². The Kier molecular flexibility index (Phi) is 5.23. The van der Waals surface area contributed by atoms with Gasteiger partial charge in [0.15, 0.2) is 0 Å². The molecule has 0 spiro atoms. The fourth-order valence-electron chi connectivity index (χ4n) is 3.27. The van der Waals surface area contributed by atoms with Gasteiger partial charge in [0.2, 0.25) is 5.91 Å². The molecule has 0 saturated heterocycles. The molecule has 0 aliphatic heterocycles. The quantitative estimate of drug-likeness (QED) is 0.499. The highest BCUT2D eigenvalue weighted by atomic mass is 35.5. The van der Waals surface area contributed by atoms with E-state index in [1.54, 1.807) is 13.2 Å². The first-order valence-corrected chi connectivity index (χ1v) is 9.59. The minimum atomic E-state index is -0.167. The lowest BCUT2D eigenvalue weighted by molar-refractivity contribution is -0.115. The standard InChI is InChI=1S/C23H20ClN3O2/c1-15-6-5-11-27-14-20(26-23(15)27)17-9-10-21(29-2)19(12-17)25-22(28)13-16-7-3-4-8-18(16)24/h3-12,14H,13H2,1-2H3,(H,25,28). The maximum Gasteiger partial charge on any atom is 0.228 e. The molecule has 29 heavy (non-hydrogen) atoms. The number of fused-ring (bicyclic) bond motifs is 1. The smallest absolute Gasteiger partial charge is 0.228 e. The molecule has 4 rings (SSSR count). The third-order valence-corrected chi connectivity index (χ3v) is 5.12. The Morgan fingerprint density at radius 3 is 2.76 bits per heavy atom. The first-order chi connectivity index (χ1) is 14.0. The van der Waals surface area contributed by atoms with Crippen molar-refractivity contribution in [3.05, 3.63) is 83.1 Å². The molecule has 6 heteroatoms. The summed E-state index contributed by atoms with van der Waals surface area (Å²) in [4.78, 5) is 17.3. The van der Waals surface area contributed by atoms with Crippen molar-refractivity contribution in [1.82, 2.24) is 9.38 Å². The third kappa shape index (κ3) is 3.96. The molecule has 0 aliphatic carbocycles. The Hall–Kier alpha value is -3.31. The fourth-order valence-corrected chi connectivity index (χ4v) is 3.47. The summed E-state index contributed by atoms with van der Waals surface area (Å²) in [6, 6.07) is 17.0. The molecule has 0 radical (unpaired) electrons. The number of methoxy groups -OCH3 is 1. The van der Waals surface area contributed by atoms with E-state index in [1.807, 2.05) is 72.2 Å². The Morgan fingerprint density at radius 1 is 1.17 bits per heavy atom. The molecule has 2 heterocycles. The van der Waals surface area contributed by atoms with E-state index in [2.05, 4.69) is 5.32 Å². The van der Waals surface area contributed by atoms with Crippen LogP contribution in [0.5, 0.6) is 5.75 Å². The Balaban J connectivity index is 1.63. The molecular formula is C23H20ClN3O2. The number of aryl methyl sites for hydroxylation is 1. The largest absolute Gasteiger partial charge is 0.495 e. The highest BCUT2D eigenvalue weighted by Gasteiger charge is 2.13. The number of anilines is 1. The van der Waals surface area contributed by atoms with Gasteiger partial charge < -0.3 is 14.5 Å². The Bertz CT molecular complexity index is 1200. The maximum atomic E-state index is 12.6. The average molecular weight is 406 g/mol. The van der Waals surface area contributed by atoms with Crippen LogP contribution in [-0.2, 0) is 11.2 Å². The summed E-state index contributed by atoms with van der Waals surface area (Å²) in [5.41, 5.74) is 5.09.